The van der Waals surface area contributed by atoms with Crippen LogP contribution in [0.3, 0.4) is 0 Å². The molecule has 6 nitrogen and oxygen atoms in total. The van der Waals surface area contributed by atoms with E-state index < -0.39 is 12.6 Å². The van der Waals surface area contributed by atoms with Crippen LogP contribution in [-0.2, 0) is 19.1 Å². The highest BCUT2D eigenvalue weighted by atomic mass is 17.1. The first-order valence-electron chi connectivity index (χ1n) is 6.71. The maximum Gasteiger partial charge on any atom is 0.482 e. The van der Waals surface area contributed by atoms with Crippen LogP contribution in [-0.4, -0.2) is 30.9 Å². The molecule has 108 valence electrons. The monoisotopic (exact) mass is 264 g/mol. The third-order valence-electron chi connectivity index (χ3n) is 2.16. The minimum Gasteiger partial charge on any atom is -0.338 e. The van der Waals surface area contributed by atoms with Crippen LogP contribution in [0.25, 0.3) is 0 Å². The van der Waals surface area contributed by atoms with Crippen LogP contribution in [0.5, 0.6) is 0 Å². The van der Waals surface area contributed by atoms with Crippen molar-refractivity contribution in [1.29, 1.82) is 0 Å². The summed E-state index contributed by atoms with van der Waals surface area (Å²) < 4.78 is 10.5. The van der Waals surface area contributed by atoms with Gasteiger partial charge in [-0.2, -0.15) is 9.68 Å². The second kappa shape index (κ2) is 11.2. The molecule has 0 rings (SSSR count). The Bertz CT molecular complexity index is 181. The van der Waals surface area contributed by atoms with E-state index in [0.717, 1.165) is 12.8 Å². The lowest BCUT2D eigenvalue weighted by atomic mass is 10.3. The molecule has 0 spiro atoms. The van der Waals surface area contributed by atoms with E-state index in [2.05, 4.69) is 0 Å². The lowest BCUT2D eigenvalue weighted by Crippen LogP contribution is -2.28. The molecule has 18 heavy (non-hydrogen) atoms. The molecule has 0 amide bonds. The number of ether oxygens (including phenoxy) is 2. The highest BCUT2D eigenvalue weighted by Crippen LogP contribution is 2.08. The average Bonchev–Trinajstić information content (AvgIpc) is 2.30. The van der Waals surface area contributed by atoms with Crippen LogP contribution >= 0.6 is 0 Å². The summed E-state index contributed by atoms with van der Waals surface area (Å²) in [5.41, 5.74) is 0. The molecule has 6 heteroatoms. The van der Waals surface area contributed by atoms with Crippen molar-refractivity contribution in [2.75, 3.05) is 13.2 Å². The van der Waals surface area contributed by atoms with Gasteiger partial charge in [0.2, 0.25) is 0 Å². The standard InChI is InChI=1S/C12H26NO5/c1-5-9-11(15-7-3)17-13(14)18-12(10-6-2)16-8-4/h11-12H,5-10H2,1-4H3/q+1. The van der Waals surface area contributed by atoms with Gasteiger partial charge in [0.15, 0.2) is 0 Å². The van der Waals surface area contributed by atoms with E-state index in [1.165, 1.54) is 0 Å². The molecule has 0 N–H and O–H groups in total. The molecule has 0 aromatic rings. The Balaban J connectivity index is 4.09. The van der Waals surface area contributed by atoms with Crippen molar-refractivity contribution in [2.24, 2.45) is 0 Å². The van der Waals surface area contributed by atoms with E-state index in [4.69, 9.17) is 19.1 Å². The molecule has 0 radical (unpaired) electrons. The molecule has 0 aromatic carbocycles. The maximum atomic E-state index is 11.5. The van der Waals surface area contributed by atoms with Gasteiger partial charge < -0.3 is 9.47 Å². The molecule has 0 saturated heterocycles. The van der Waals surface area contributed by atoms with Crippen molar-refractivity contribution in [3.05, 3.63) is 4.91 Å². The summed E-state index contributed by atoms with van der Waals surface area (Å²) in [5.74, 6) is 0. The van der Waals surface area contributed by atoms with Gasteiger partial charge in [-0.15, -0.1) is 0 Å². The summed E-state index contributed by atoms with van der Waals surface area (Å²) in [5, 5.41) is 0.103. The third kappa shape index (κ3) is 8.25. The zero-order chi connectivity index (χ0) is 13.8. The van der Waals surface area contributed by atoms with Crippen LogP contribution in [0, 0.1) is 4.91 Å². The molecular formula is C12H26NO5+. The molecule has 0 fully saturated rings. The van der Waals surface area contributed by atoms with Gasteiger partial charge in [0.1, 0.15) is 4.91 Å². The van der Waals surface area contributed by atoms with Crippen LogP contribution in [0.4, 0.5) is 0 Å². The quantitative estimate of drug-likeness (QED) is 0.400. The molecule has 0 bridgehead atoms. The molecule has 2 unspecified atom stereocenters. The lowest BCUT2D eigenvalue weighted by Gasteiger charge is -2.12. The zero-order valence-electron chi connectivity index (χ0n) is 11.9. The predicted octanol–water partition coefficient (Wildman–Crippen LogP) is 2.95. The summed E-state index contributed by atoms with van der Waals surface area (Å²) in [6, 6.07) is 0. The molecule has 0 aromatic heterocycles. The van der Waals surface area contributed by atoms with Gasteiger partial charge >= 0.3 is 5.09 Å². The van der Waals surface area contributed by atoms with Gasteiger partial charge in [0, 0.05) is 26.1 Å². The Morgan fingerprint density at radius 2 is 1.22 bits per heavy atom. The maximum absolute atomic E-state index is 11.5. The first-order valence-corrected chi connectivity index (χ1v) is 6.71. The highest BCUT2D eigenvalue weighted by Gasteiger charge is 2.27. The van der Waals surface area contributed by atoms with Crippen LogP contribution in [0.2, 0.25) is 0 Å². The molecule has 2 atom stereocenters. The van der Waals surface area contributed by atoms with Crippen LogP contribution in [0.15, 0.2) is 0 Å². The van der Waals surface area contributed by atoms with E-state index >= 15 is 0 Å². The van der Waals surface area contributed by atoms with Crippen molar-refractivity contribution in [1.82, 2.24) is 0 Å². The molecule has 0 aliphatic rings. The summed E-state index contributed by atoms with van der Waals surface area (Å²) in [6.45, 7) is 8.66. The first kappa shape index (κ1) is 17.1. The molecule has 0 heterocycles. The van der Waals surface area contributed by atoms with E-state index in [0.29, 0.717) is 26.1 Å². The van der Waals surface area contributed by atoms with Crippen molar-refractivity contribution < 1.29 is 24.2 Å². The Kier molecular flexibility index (Phi) is 10.7. The van der Waals surface area contributed by atoms with Crippen molar-refractivity contribution in [3.63, 3.8) is 0 Å². The van der Waals surface area contributed by atoms with Crippen LogP contribution in [0.1, 0.15) is 53.4 Å². The van der Waals surface area contributed by atoms with E-state index in [1.54, 1.807) is 0 Å². The normalized spacial score (nSPS) is 14.0. The molecule has 0 aliphatic heterocycles. The fourth-order valence-electron chi connectivity index (χ4n) is 1.39. The number of hydrogen-bond acceptors (Lipinski definition) is 5. The SMILES string of the molecule is CCCC(OCC)O[N+](=O)OC(CCC)OCC. The topological polar surface area (TPSA) is 57.0 Å². The number of nitrogens with zero attached hydrogens (tertiary/aromatic N) is 1. The Morgan fingerprint density at radius 1 is 0.833 bits per heavy atom. The van der Waals surface area contributed by atoms with Crippen molar-refractivity contribution >= 4 is 0 Å². The van der Waals surface area contributed by atoms with Gasteiger partial charge in [-0.25, -0.2) is 0 Å². The summed E-state index contributed by atoms with van der Waals surface area (Å²) in [6.07, 6.45) is 1.87. The van der Waals surface area contributed by atoms with Gasteiger partial charge in [0.05, 0.1) is 0 Å². The minimum absolute atomic E-state index is 0.103. The summed E-state index contributed by atoms with van der Waals surface area (Å²) >= 11 is 0. The zero-order valence-corrected chi connectivity index (χ0v) is 11.9. The van der Waals surface area contributed by atoms with E-state index in [9.17, 15) is 4.91 Å². The number of hydrogen-bond donors (Lipinski definition) is 0. The number of rotatable bonds is 12. The fraction of sp³-hybridized carbons (Fsp3) is 1.00. The first-order chi connectivity index (χ1) is 8.67. The Hall–Kier alpha value is -0.880. The minimum atomic E-state index is -0.568. The molecule has 0 saturated carbocycles. The Morgan fingerprint density at radius 3 is 1.50 bits per heavy atom. The lowest BCUT2D eigenvalue weighted by molar-refractivity contribution is -1.00. The fourth-order valence-corrected chi connectivity index (χ4v) is 1.39. The third-order valence-corrected chi connectivity index (χ3v) is 2.16. The van der Waals surface area contributed by atoms with Gasteiger partial charge in [0.25, 0.3) is 12.6 Å². The smallest absolute Gasteiger partial charge is 0.338 e. The summed E-state index contributed by atoms with van der Waals surface area (Å²) in [7, 11) is 0. The average molecular weight is 264 g/mol. The molecule has 0 aliphatic carbocycles. The van der Waals surface area contributed by atoms with Crippen LogP contribution < -0.4 is 0 Å². The highest BCUT2D eigenvalue weighted by molar-refractivity contribution is 4.40. The second-order valence-corrected chi connectivity index (χ2v) is 3.78. The summed E-state index contributed by atoms with van der Waals surface area (Å²) in [4.78, 5) is 21.5. The second-order valence-electron chi connectivity index (χ2n) is 3.78. The van der Waals surface area contributed by atoms with E-state index in [-0.39, 0.29) is 5.09 Å². The van der Waals surface area contributed by atoms with E-state index in [1.807, 2.05) is 27.7 Å². The van der Waals surface area contributed by atoms with Crippen molar-refractivity contribution in [2.45, 2.75) is 66.0 Å². The van der Waals surface area contributed by atoms with Crippen molar-refractivity contribution in [3.8, 4) is 0 Å². The predicted molar refractivity (Wildman–Crippen MR) is 66.4 cm³/mol. The van der Waals surface area contributed by atoms with Gasteiger partial charge in [-0.1, -0.05) is 13.8 Å². The largest absolute Gasteiger partial charge is 0.482 e. The van der Waals surface area contributed by atoms with Gasteiger partial charge in [-0.3, -0.25) is 0 Å². The molecular weight excluding hydrogens is 238 g/mol. The van der Waals surface area contributed by atoms with Gasteiger partial charge in [-0.05, 0) is 26.7 Å². The Labute approximate surface area is 109 Å².